The first-order valence-corrected chi connectivity index (χ1v) is 12.8. The molecule has 0 unspecified atom stereocenters. The van der Waals surface area contributed by atoms with Gasteiger partial charge in [0.25, 0.3) is 0 Å². The Morgan fingerprint density at radius 3 is 1.97 bits per heavy atom. The molecule has 1 aromatic heterocycles. The van der Waals surface area contributed by atoms with Gasteiger partial charge < -0.3 is 20.0 Å². The van der Waals surface area contributed by atoms with Gasteiger partial charge in [0.05, 0.1) is 11.4 Å². The Balaban J connectivity index is 1.26. The molecule has 0 bridgehead atoms. The van der Waals surface area contributed by atoms with Crippen molar-refractivity contribution >= 4 is 29.0 Å². The van der Waals surface area contributed by atoms with Crippen molar-refractivity contribution in [2.24, 2.45) is 5.92 Å². The van der Waals surface area contributed by atoms with E-state index in [0.717, 1.165) is 75.0 Å². The lowest BCUT2D eigenvalue weighted by Gasteiger charge is -2.39. The summed E-state index contributed by atoms with van der Waals surface area (Å²) in [6.07, 6.45) is 1.58. The molecular weight excluding hydrogens is 452 g/mol. The van der Waals surface area contributed by atoms with Crippen LogP contribution < -0.4 is 15.1 Å². The fourth-order valence-electron chi connectivity index (χ4n) is 5.30. The number of para-hydroxylation sites is 2. The van der Waals surface area contributed by atoms with Gasteiger partial charge in [0.2, 0.25) is 11.8 Å². The van der Waals surface area contributed by atoms with Crippen molar-refractivity contribution in [3.8, 4) is 5.69 Å². The highest BCUT2D eigenvalue weighted by molar-refractivity contribution is 5.93. The van der Waals surface area contributed by atoms with Gasteiger partial charge in [-0.15, -0.1) is 0 Å². The standard InChI is InChI=1S/C28H34N6O2/c1-21-26(29-22(2)35)27(34(30-21)25-11-7-4-8-12-25)32-15-13-23(14-16-32)28(36)33-19-17-31(18-20-33)24-9-5-3-6-10-24/h3-12,23H,13-20H2,1-2H3,(H,29,35). The van der Waals surface area contributed by atoms with Gasteiger partial charge in [-0.05, 0) is 44.0 Å². The van der Waals surface area contributed by atoms with Gasteiger partial charge in [-0.2, -0.15) is 5.10 Å². The minimum Gasteiger partial charge on any atom is -0.368 e. The van der Waals surface area contributed by atoms with Crippen LogP contribution in [0.5, 0.6) is 0 Å². The van der Waals surface area contributed by atoms with Crippen LogP contribution in [0.25, 0.3) is 5.69 Å². The molecular formula is C28H34N6O2. The Hall–Kier alpha value is -3.81. The van der Waals surface area contributed by atoms with E-state index in [1.807, 2.05) is 52.9 Å². The Morgan fingerprint density at radius 1 is 0.806 bits per heavy atom. The van der Waals surface area contributed by atoms with Crippen LogP contribution in [0, 0.1) is 12.8 Å². The summed E-state index contributed by atoms with van der Waals surface area (Å²) in [6, 6.07) is 20.4. The summed E-state index contributed by atoms with van der Waals surface area (Å²) < 4.78 is 1.91. The monoisotopic (exact) mass is 486 g/mol. The van der Waals surface area contributed by atoms with E-state index < -0.39 is 0 Å². The lowest BCUT2D eigenvalue weighted by molar-refractivity contribution is -0.136. The molecule has 0 radical (unpaired) electrons. The lowest BCUT2D eigenvalue weighted by atomic mass is 9.94. The minimum atomic E-state index is -0.119. The van der Waals surface area contributed by atoms with Crippen molar-refractivity contribution in [1.82, 2.24) is 14.7 Å². The summed E-state index contributed by atoms with van der Waals surface area (Å²) in [6.45, 7) is 8.18. The normalized spacial score (nSPS) is 16.8. The zero-order chi connectivity index (χ0) is 25.1. The molecule has 2 aromatic carbocycles. The molecule has 2 aliphatic rings. The molecule has 188 valence electrons. The Morgan fingerprint density at radius 2 is 1.39 bits per heavy atom. The van der Waals surface area contributed by atoms with Gasteiger partial charge in [-0.25, -0.2) is 4.68 Å². The number of nitrogens with one attached hydrogen (secondary N) is 1. The molecule has 2 fully saturated rings. The highest BCUT2D eigenvalue weighted by atomic mass is 16.2. The van der Waals surface area contributed by atoms with E-state index in [1.165, 1.54) is 12.6 Å². The molecule has 0 spiro atoms. The number of rotatable bonds is 5. The fraction of sp³-hybridized carbons (Fsp3) is 0.393. The Labute approximate surface area is 212 Å². The van der Waals surface area contributed by atoms with E-state index in [2.05, 4.69) is 39.4 Å². The molecule has 1 N–H and O–H groups in total. The smallest absolute Gasteiger partial charge is 0.225 e. The van der Waals surface area contributed by atoms with Crippen LogP contribution in [0.3, 0.4) is 0 Å². The number of carbonyl (C=O) groups is 2. The van der Waals surface area contributed by atoms with Crippen molar-refractivity contribution in [2.45, 2.75) is 26.7 Å². The number of carbonyl (C=O) groups excluding carboxylic acids is 2. The summed E-state index contributed by atoms with van der Waals surface area (Å²) in [5, 5.41) is 7.74. The SMILES string of the molecule is CC(=O)Nc1c(C)nn(-c2ccccc2)c1N1CCC(C(=O)N2CCN(c3ccccc3)CC2)CC1. The van der Waals surface area contributed by atoms with Gasteiger partial charge in [0.15, 0.2) is 5.82 Å². The summed E-state index contributed by atoms with van der Waals surface area (Å²) in [5.74, 6) is 1.07. The predicted molar refractivity (Wildman–Crippen MR) is 143 cm³/mol. The quantitative estimate of drug-likeness (QED) is 0.595. The van der Waals surface area contributed by atoms with Gasteiger partial charge in [0, 0.05) is 57.8 Å². The van der Waals surface area contributed by atoms with Crippen LogP contribution >= 0.6 is 0 Å². The molecule has 0 saturated carbocycles. The van der Waals surface area contributed by atoms with Gasteiger partial charge in [-0.1, -0.05) is 36.4 Å². The molecule has 2 saturated heterocycles. The topological polar surface area (TPSA) is 73.7 Å². The number of aryl methyl sites for hydroxylation is 1. The number of aromatic nitrogens is 2. The summed E-state index contributed by atoms with van der Waals surface area (Å²) in [4.78, 5) is 32.0. The molecule has 0 aliphatic carbocycles. The number of hydrogen-bond donors (Lipinski definition) is 1. The maximum Gasteiger partial charge on any atom is 0.225 e. The molecule has 2 aliphatic heterocycles. The number of hydrogen-bond acceptors (Lipinski definition) is 5. The molecule has 3 heterocycles. The number of benzene rings is 2. The third-order valence-corrected chi connectivity index (χ3v) is 7.19. The highest BCUT2D eigenvalue weighted by Gasteiger charge is 2.33. The highest BCUT2D eigenvalue weighted by Crippen LogP contribution is 2.35. The largest absolute Gasteiger partial charge is 0.368 e. The first-order valence-electron chi connectivity index (χ1n) is 12.8. The van der Waals surface area contributed by atoms with Gasteiger partial charge in [-0.3, -0.25) is 9.59 Å². The number of piperidine rings is 1. The number of piperazine rings is 1. The van der Waals surface area contributed by atoms with Crippen molar-refractivity contribution < 1.29 is 9.59 Å². The van der Waals surface area contributed by atoms with Gasteiger partial charge in [0.1, 0.15) is 5.69 Å². The van der Waals surface area contributed by atoms with E-state index in [9.17, 15) is 9.59 Å². The second-order valence-corrected chi connectivity index (χ2v) is 9.62. The zero-order valence-corrected chi connectivity index (χ0v) is 21.1. The van der Waals surface area contributed by atoms with Crippen LogP contribution in [0.2, 0.25) is 0 Å². The third-order valence-electron chi connectivity index (χ3n) is 7.19. The summed E-state index contributed by atoms with van der Waals surface area (Å²) in [7, 11) is 0. The molecule has 3 aromatic rings. The van der Waals surface area contributed by atoms with E-state index >= 15 is 0 Å². The molecule has 2 amide bonds. The number of nitrogens with zero attached hydrogens (tertiary/aromatic N) is 5. The van der Waals surface area contributed by atoms with E-state index in [0.29, 0.717) is 0 Å². The van der Waals surface area contributed by atoms with Crippen molar-refractivity contribution in [3.05, 3.63) is 66.4 Å². The van der Waals surface area contributed by atoms with E-state index in [-0.39, 0.29) is 17.7 Å². The first kappa shape index (κ1) is 23.9. The molecule has 0 atom stereocenters. The Kier molecular flexibility index (Phi) is 6.93. The molecule has 8 heteroatoms. The maximum atomic E-state index is 13.4. The second-order valence-electron chi connectivity index (χ2n) is 9.62. The van der Waals surface area contributed by atoms with E-state index in [1.54, 1.807) is 0 Å². The minimum absolute atomic E-state index is 0.0305. The summed E-state index contributed by atoms with van der Waals surface area (Å²) >= 11 is 0. The number of anilines is 3. The van der Waals surface area contributed by atoms with Crippen LogP contribution in [-0.2, 0) is 9.59 Å². The maximum absolute atomic E-state index is 13.4. The molecule has 8 nitrogen and oxygen atoms in total. The van der Waals surface area contributed by atoms with Crippen LogP contribution in [-0.4, -0.2) is 65.8 Å². The van der Waals surface area contributed by atoms with Crippen molar-refractivity contribution in [3.63, 3.8) is 0 Å². The van der Waals surface area contributed by atoms with Crippen molar-refractivity contribution in [2.75, 3.05) is 54.4 Å². The van der Waals surface area contributed by atoms with Crippen LogP contribution in [0.4, 0.5) is 17.2 Å². The second kappa shape index (κ2) is 10.4. The lowest BCUT2D eigenvalue weighted by Crippen LogP contribution is -2.51. The third kappa shape index (κ3) is 4.94. The molecule has 5 rings (SSSR count). The van der Waals surface area contributed by atoms with Gasteiger partial charge >= 0.3 is 0 Å². The molecule has 36 heavy (non-hydrogen) atoms. The van der Waals surface area contributed by atoms with Crippen LogP contribution in [0.1, 0.15) is 25.5 Å². The van der Waals surface area contributed by atoms with Crippen LogP contribution in [0.15, 0.2) is 60.7 Å². The fourth-order valence-corrected chi connectivity index (χ4v) is 5.30. The average Bonchev–Trinajstić information content (AvgIpc) is 3.24. The summed E-state index contributed by atoms with van der Waals surface area (Å²) in [5.41, 5.74) is 3.69. The van der Waals surface area contributed by atoms with E-state index in [4.69, 9.17) is 5.10 Å². The predicted octanol–water partition coefficient (Wildman–Crippen LogP) is 3.70. The average molecular weight is 487 g/mol. The zero-order valence-electron chi connectivity index (χ0n) is 21.1. The number of amides is 2. The first-order chi connectivity index (χ1) is 17.5. The Bertz CT molecular complexity index is 1190. The van der Waals surface area contributed by atoms with Crippen molar-refractivity contribution in [1.29, 1.82) is 0 Å².